The summed E-state index contributed by atoms with van der Waals surface area (Å²) in [6, 6.07) is 0. The van der Waals surface area contributed by atoms with Gasteiger partial charge < -0.3 is 10.4 Å². The second-order valence-corrected chi connectivity index (χ2v) is 6.88. The molecule has 0 bridgehead atoms. The molecule has 0 saturated carbocycles. The summed E-state index contributed by atoms with van der Waals surface area (Å²) in [4.78, 5) is 0. The fraction of sp³-hybridized carbons (Fsp3) is 0.875. The van der Waals surface area contributed by atoms with Crippen LogP contribution in [0.5, 0.6) is 0 Å². The van der Waals surface area contributed by atoms with Crippen molar-refractivity contribution < 1.29 is 5.11 Å². The van der Waals surface area contributed by atoms with Crippen molar-refractivity contribution in [3.63, 3.8) is 0 Å². The van der Waals surface area contributed by atoms with E-state index < -0.39 is 5.60 Å². The third-order valence-corrected chi connectivity index (χ3v) is 3.75. The highest BCUT2D eigenvalue weighted by molar-refractivity contribution is 5.16. The highest BCUT2D eigenvalue weighted by Gasteiger charge is 2.25. The van der Waals surface area contributed by atoms with Crippen LogP contribution in [0.2, 0.25) is 0 Å². The average molecular weight is 253 g/mol. The molecule has 0 radical (unpaired) electrons. The summed E-state index contributed by atoms with van der Waals surface area (Å²) in [5.74, 6) is 0. The van der Waals surface area contributed by atoms with Crippen LogP contribution in [0.15, 0.2) is 11.6 Å². The third kappa shape index (κ3) is 6.01. The lowest BCUT2D eigenvalue weighted by molar-refractivity contribution is 0.0822. The monoisotopic (exact) mass is 253 g/mol. The van der Waals surface area contributed by atoms with Gasteiger partial charge in [-0.15, -0.1) is 0 Å². The summed E-state index contributed by atoms with van der Waals surface area (Å²) < 4.78 is 0. The lowest BCUT2D eigenvalue weighted by atomic mass is 9.85. The number of hydrogen-bond donors (Lipinski definition) is 2. The van der Waals surface area contributed by atoms with Gasteiger partial charge in [0, 0.05) is 5.54 Å². The predicted molar refractivity (Wildman–Crippen MR) is 78.8 cm³/mol. The number of aliphatic hydroxyl groups is 1. The van der Waals surface area contributed by atoms with Gasteiger partial charge in [0.15, 0.2) is 0 Å². The molecule has 0 heterocycles. The highest BCUT2D eigenvalue weighted by atomic mass is 16.3. The van der Waals surface area contributed by atoms with E-state index in [9.17, 15) is 5.11 Å². The predicted octanol–water partition coefficient (Wildman–Crippen LogP) is 3.80. The molecule has 2 heteroatoms. The number of nitrogens with one attached hydrogen (secondary N) is 1. The van der Waals surface area contributed by atoms with Crippen LogP contribution < -0.4 is 5.32 Å². The van der Waals surface area contributed by atoms with Gasteiger partial charge in [0.25, 0.3) is 0 Å². The number of hydrogen-bond acceptors (Lipinski definition) is 2. The Kier molecular flexibility index (Phi) is 5.87. The molecule has 1 unspecified atom stereocenters. The number of allylic oxidation sites excluding steroid dienone is 1. The Hall–Kier alpha value is -0.340. The zero-order valence-corrected chi connectivity index (χ0v) is 12.7. The molecule has 106 valence electrons. The molecule has 0 amide bonds. The van der Waals surface area contributed by atoms with Gasteiger partial charge in [0.1, 0.15) is 0 Å². The minimum Gasteiger partial charge on any atom is -0.386 e. The van der Waals surface area contributed by atoms with Crippen molar-refractivity contribution in [3.8, 4) is 0 Å². The number of rotatable bonds is 4. The summed E-state index contributed by atoms with van der Waals surface area (Å²) in [5.41, 5.74) is 0.763. The van der Waals surface area contributed by atoms with E-state index in [0.29, 0.717) is 0 Å². The molecule has 0 aromatic carbocycles. The molecule has 1 aliphatic rings. The standard InChI is InChI=1S/C16H31NO/c1-15(2,3)17-13-12-16(4,18)14-10-8-6-5-7-9-11-14/h10,17-18H,5-9,11-13H2,1-4H3. The van der Waals surface area contributed by atoms with Crippen LogP contribution in [-0.4, -0.2) is 22.8 Å². The first-order chi connectivity index (χ1) is 8.31. The van der Waals surface area contributed by atoms with Crippen molar-refractivity contribution in [1.29, 1.82) is 0 Å². The van der Waals surface area contributed by atoms with Crippen molar-refractivity contribution in [2.75, 3.05) is 6.54 Å². The maximum Gasteiger partial charge on any atom is 0.0840 e. The summed E-state index contributed by atoms with van der Waals surface area (Å²) in [5, 5.41) is 14.1. The zero-order chi connectivity index (χ0) is 13.6. The van der Waals surface area contributed by atoms with Gasteiger partial charge >= 0.3 is 0 Å². The zero-order valence-electron chi connectivity index (χ0n) is 12.7. The fourth-order valence-electron chi connectivity index (χ4n) is 2.52. The molecule has 1 rings (SSSR count). The minimum absolute atomic E-state index is 0.130. The third-order valence-electron chi connectivity index (χ3n) is 3.75. The van der Waals surface area contributed by atoms with Gasteiger partial charge in [-0.3, -0.25) is 0 Å². The molecule has 0 spiro atoms. The summed E-state index contributed by atoms with van der Waals surface area (Å²) in [6.45, 7) is 9.34. The molecular weight excluding hydrogens is 222 g/mol. The summed E-state index contributed by atoms with van der Waals surface area (Å²) >= 11 is 0. The Balaban J connectivity index is 2.49. The first-order valence-electron chi connectivity index (χ1n) is 7.48. The molecule has 0 saturated heterocycles. The van der Waals surface area contributed by atoms with Gasteiger partial charge in [-0.05, 0) is 71.9 Å². The van der Waals surface area contributed by atoms with E-state index in [1.807, 2.05) is 6.92 Å². The van der Waals surface area contributed by atoms with Crippen LogP contribution in [0.1, 0.15) is 72.6 Å². The van der Waals surface area contributed by atoms with E-state index in [0.717, 1.165) is 25.8 Å². The molecule has 0 aromatic heterocycles. The van der Waals surface area contributed by atoms with E-state index in [-0.39, 0.29) is 5.54 Å². The SMILES string of the molecule is CC(C)(C)NCCC(C)(O)C1=CCCCCCC1. The molecule has 0 fully saturated rings. The van der Waals surface area contributed by atoms with E-state index in [1.54, 1.807) is 0 Å². The second-order valence-electron chi connectivity index (χ2n) is 6.88. The second kappa shape index (κ2) is 6.72. The van der Waals surface area contributed by atoms with Gasteiger partial charge in [-0.25, -0.2) is 0 Å². The van der Waals surface area contributed by atoms with Crippen molar-refractivity contribution in [1.82, 2.24) is 5.32 Å². The molecule has 1 atom stereocenters. The molecule has 0 aliphatic heterocycles. The van der Waals surface area contributed by atoms with Crippen LogP contribution in [0.4, 0.5) is 0 Å². The van der Waals surface area contributed by atoms with Crippen molar-refractivity contribution in [2.24, 2.45) is 0 Å². The van der Waals surface area contributed by atoms with Crippen molar-refractivity contribution in [3.05, 3.63) is 11.6 Å². The van der Waals surface area contributed by atoms with E-state index in [2.05, 4.69) is 32.2 Å². The summed E-state index contributed by atoms with van der Waals surface area (Å²) in [6.07, 6.45) is 10.5. The Morgan fingerprint density at radius 2 is 1.78 bits per heavy atom. The molecule has 18 heavy (non-hydrogen) atoms. The topological polar surface area (TPSA) is 32.3 Å². The Morgan fingerprint density at radius 3 is 2.44 bits per heavy atom. The Labute approximate surface area is 113 Å². The van der Waals surface area contributed by atoms with Crippen LogP contribution >= 0.6 is 0 Å². The normalized spacial score (nSPS) is 21.7. The maximum atomic E-state index is 10.6. The molecule has 0 aromatic rings. The van der Waals surface area contributed by atoms with Crippen LogP contribution in [0.25, 0.3) is 0 Å². The van der Waals surface area contributed by atoms with Gasteiger partial charge in [-0.1, -0.05) is 18.9 Å². The van der Waals surface area contributed by atoms with Crippen LogP contribution in [0, 0.1) is 0 Å². The first kappa shape index (κ1) is 15.7. The van der Waals surface area contributed by atoms with E-state index >= 15 is 0 Å². The lowest BCUT2D eigenvalue weighted by Gasteiger charge is -2.30. The van der Waals surface area contributed by atoms with Crippen LogP contribution in [0.3, 0.4) is 0 Å². The maximum absolute atomic E-state index is 10.6. The minimum atomic E-state index is -0.629. The first-order valence-corrected chi connectivity index (χ1v) is 7.48. The smallest absolute Gasteiger partial charge is 0.0840 e. The highest BCUT2D eigenvalue weighted by Crippen LogP contribution is 2.28. The summed E-state index contributed by atoms with van der Waals surface area (Å²) in [7, 11) is 0. The quantitative estimate of drug-likeness (QED) is 0.747. The van der Waals surface area contributed by atoms with Crippen molar-refractivity contribution >= 4 is 0 Å². The van der Waals surface area contributed by atoms with E-state index in [1.165, 1.54) is 31.3 Å². The fourth-order valence-corrected chi connectivity index (χ4v) is 2.52. The molecule has 2 N–H and O–H groups in total. The lowest BCUT2D eigenvalue weighted by Crippen LogP contribution is -2.40. The molecule has 2 nitrogen and oxygen atoms in total. The van der Waals surface area contributed by atoms with Crippen LogP contribution in [-0.2, 0) is 0 Å². The molecular formula is C16H31NO. The Morgan fingerprint density at radius 1 is 1.11 bits per heavy atom. The van der Waals surface area contributed by atoms with Crippen molar-refractivity contribution in [2.45, 2.75) is 83.8 Å². The van der Waals surface area contributed by atoms with Gasteiger partial charge in [-0.2, -0.15) is 0 Å². The van der Waals surface area contributed by atoms with E-state index in [4.69, 9.17) is 0 Å². The largest absolute Gasteiger partial charge is 0.386 e. The van der Waals surface area contributed by atoms with Gasteiger partial charge in [0.05, 0.1) is 5.60 Å². The molecule has 1 aliphatic carbocycles. The Bertz CT molecular complexity index is 273. The van der Waals surface area contributed by atoms with Gasteiger partial charge in [0.2, 0.25) is 0 Å². The average Bonchev–Trinajstić information content (AvgIpc) is 2.12.